The van der Waals surface area contributed by atoms with Crippen LogP contribution in [0.5, 0.6) is 0 Å². The first-order chi connectivity index (χ1) is 12.9. The normalized spacial score (nSPS) is 16.0. The summed E-state index contributed by atoms with van der Waals surface area (Å²) in [4.78, 5) is 4.46. The van der Waals surface area contributed by atoms with E-state index in [9.17, 15) is 13.2 Å². The van der Waals surface area contributed by atoms with Crippen LogP contribution in [0.3, 0.4) is 0 Å². The van der Waals surface area contributed by atoms with Crippen molar-refractivity contribution in [1.82, 2.24) is 14.6 Å². The Bertz CT molecular complexity index is 956. The molecular formula is C20H21F3N4. The zero-order chi connectivity index (χ0) is 19.0. The fourth-order valence-corrected chi connectivity index (χ4v) is 3.75. The average Bonchev–Trinajstić information content (AvgIpc) is 2.97. The second-order valence-electron chi connectivity index (χ2n) is 7.09. The fourth-order valence-electron chi connectivity index (χ4n) is 3.75. The highest BCUT2D eigenvalue weighted by Gasteiger charge is 2.31. The number of benzene rings is 1. The lowest BCUT2D eigenvalue weighted by Crippen LogP contribution is -2.23. The van der Waals surface area contributed by atoms with Crippen molar-refractivity contribution in [3.63, 3.8) is 0 Å². The number of hydrogen-bond donors (Lipinski definition) is 1. The fraction of sp³-hybridized carbons (Fsp3) is 0.400. The van der Waals surface area contributed by atoms with Gasteiger partial charge in [0.15, 0.2) is 5.65 Å². The van der Waals surface area contributed by atoms with Crippen LogP contribution in [0.1, 0.15) is 43.4 Å². The topological polar surface area (TPSA) is 42.2 Å². The largest absolute Gasteiger partial charge is 0.416 e. The minimum absolute atomic E-state index is 0.394. The van der Waals surface area contributed by atoms with Crippen LogP contribution in [0.2, 0.25) is 0 Å². The maximum atomic E-state index is 13.1. The molecule has 0 bridgehead atoms. The number of rotatable bonds is 3. The third-order valence-corrected chi connectivity index (χ3v) is 5.07. The predicted octanol–water partition coefficient (Wildman–Crippen LogP) is 5.47. The van der Waals surface area contributed by atoms with Crippen molar-refractivity contribution in [3.8, 4) is 11.3 Å². The Hall–Kier alpha value is -2.57. The monoisotopic (exact) mass is 374 g/mol. The highest BCUT2D eigenvalue weighted by Crippen LogP contribution is 2.33. The molecule has 0 saturated heterocycles. The van der Waals surface area contributed by atoms with Gasteiger partial charge in [-0.25, -0.2) is 9.50 Å². The van der Waals surface area contributed by atoms with E-state index < -0.39 is 11.7 Å². The molecule has 1 aliphatic rings. The molecule has 1 fully saturated rings. The van der Waals surface area contributed by atoms with E-state index in [0.717, 1.165) is 30.8 Å². The molecule has 4 rings (SSSR count). The second-order valence-corrected chi connectivity index (χ2v) is 7.09. The Morgan fingerprint density at radius 3 is 2.59 bits per heavy atom. The first-order valence-corrected chi connectivity index (χ1v) is 9.22. The Morgan fingerprint density at radius 1 is 1.07 bits per heavy atom. The lowest BCUT2D eigenvalue weighted by atomic mass is 9.95. The van der Waals surface area contributed by atoms with Crippen LogP contribution >= 0.6 is 0 Å². The Labute approximate surface area is 155 Å². The summed E-state index contributed by atoms with van der Waals surface area (Å²) in [7, 11) is 0. The van der Waals surface area contributed by atoms with Gasteiger partial charge in [-0.05, 0) is 44.0 Å². The SMILES string of the molecule is Cc1nc2ccc(NC3CCCCC3)nn2c1-c1cccc(C(F)(F)F)c1. The predicted molar refractivity (Wildman–Crippen MR) is 98.7 cm³/mol. The molecule has 0 radical (unpaired) electrons. The molecule has 0 spiro atoms. The molecule has 0 atom stereocenters. The molecule has 27 heavy (non-hydrogen) atoms. The van der Waals surface area contributed by atoms with Crippen molar-refractivity contribution in [2.24, 2.45) is 0 Å². The van der Waals surface area contributed by atoms with Crippen molar-refractivity contribution in [1.29, 1.82) is 0 Å². The molecule has 1 saturated carbocycles. The summed E-state index contributed by atoms with van der Waals surface area (Å²) in [6.45, 7) is 1.79. The van der Waals surface area contributed by atoms with Crippen LogP contribution in [-0.4, -0.2) is 20.6 Å². The van der Waals surface area contributed by atoms with Crippen LogP contribution in [0.25, 0.3) is 16.9 Å². The third-order valence-electron chi connectivity index (χ3n) is 5.07. The van der Waals surface area contributed by atoms with E-state index in [-0.39, 0.29) is 0 Å². The maximum absolute atomic E-state index is 13.1. The summed E-state index contributed by atoms with van der Waals surface area (Å²) in [5.41, 5.74) is 1.64. The summed E-state index contributed by atoms with van der Waals surface area (Å²) in [6.07, 6.45) is 1.53. The highest BCUT2D eigenvalue weighted by atomic mass is 19.4. The van der Waals surface area contributed by atoms with E-state index in [2.05, 4.69) is 15.4 Å². The molecule has 1 aliphatic carbocycles. The molecule has 1 aromatic carbocycles. The van der Waals surface area contributed by atoms with Gasteiger partial charge in [0.25, 0.3) is 0 Å². The van der Waals surface area contributed by atoms with E-state index in [4.69, 9.17) is 0 Å². The number of halogens is 3. The Morgan fingerprint density at radius 2 is 1.85 bits per heavy atom. The molecule has 7 heteroatoms. The van der Waals surface area contributed by atoms with Crippen LogP contribution in [0.4, 0.5) is 19.0 Å². The number of fused-ring (bicyclic) bond motifs is 1. The lowest BCUT2D eigenvalue weighted by Gasteiger charge is -2.23. The standard InChI is InChI=1S/C20H21F3N4/c1-13-19(14-6-5-7-15(12-14)20(21,22)23)27-18(24-13)11-10-17(26-27)25-16-8-3-2-4-9-16/h5-7,10-12,16H,2-4,8-9H2,1H3,(H,25,26). The first kappa shape index (κ1) is 17.8. The highest BCUT2D eigenvalue weighted by molar-refractivity contribution is 5.67. The molecule has 2 aromatic heterocycles. The quantitative estimate of drug-likeness (QED) is 0.661. The lowest BCUT2D eigenvalue weighted by molar-refractivity contribution is -0.137. The van der Waals surface area contributed by atoms with Gasteiger partial charge in [-0.3, -0.25) is 0 Å². The number of anilines is 1. The van der Waals surface area contributed by atoms with Gasteiger partial charge in [0, 0.05) is 11.6 Å². The van der Waals surface area contributed by atoms with Gasteiger partial charge in [0.05, 0.1) is 17.0 Å². The average molecular weight is 374 g/mol. The van der Waals surface area contributed by atoms with Crippen molar-refractivity contribution in [3.05, 3.63) is 47.7 Å². The van der Waals surface area contributed by atoms with Gasteiger partial charge in [-0.15, -0.1) is 5.10 Å². The number of alkyl halides is 3. The number of nitrogens with one attached hydrogen (secondary N) is 1. The molecule has 142 valence electrons. The number of hydrogen-bond acceptors (Lipinski definition) is 3. The number of aryl methyl sites for hydroxylation is 1. The first-order valence-electron chi connectivity index (χ1n) is 9.22. The van der Waals surface area contributed by atoms with Crippen LogP contribution < -0.4 is 5.32 Å². The third kappa shape index (κ3) is 3.63. The minimum atomic E-state index is -4.38. The number of imidazole rings is 1. The van der Waals surface area contributed by atoms with Crippen molar-refractivity contribution in [2.75, 3.05) is 5.32 Å². The van der Waals surface area contributed by atoms with Gasteiger partial charge in [-0.1, -0.05) is 31.4 Å². The summed E-state index contributed by atoms with van der Waals surface area (Å²) in [6, 6.07) is 9.43. The van der Waals surface area contributed by atoms with E-state index in [1.807, 2.05) is 12.1 Å². The molecule has 0 unspecified atom stereocenters. The second kappa shape index (κ2) is 6.87. The molecular weight excluding hydrogens is 353 g/mol. The van der Waals surface area contributed by atoms with Gasteiger partial charge in [-0.2, -0.15) is 13.2 Å². The van der Waals surface area contributed by atoms with Crippen molar-refractivity contribution in [2.45, 2.75) is 51.2 Å². The minimum Gasteiger partial charge on any atom is -0.366 e. The summed E-state index contributed by atoms with van der Waals surface area (Å²) in [5, 5.41) is 8.08. The maximum Gasteiger partial charge on any atom is 0.416 e. The smallest absolute Gasteiger partial charge is 0.366 e. The Kier molecular flexibility index (Phi) is 4.53. The van der Waals surface area contributed by atoms with Crippen molar-refractivity contribution < 1.29 is 13.2 Å². The van der Waals surface area contributed by atoms with Gasteiger partial charge < -0.3 is 5.32 Å². The zero-order valence-electron chi connectivity index (χ0n) is 15.1. The molecule has 3 aromatic rings. The van der Waals surface area contributed by atoms with Gasteiger partial charge in [0.1, 0.15) is 5.82 Å². The summed E-state index contributed by atoms with van der Waals surface area (Å²) >= 11 is 0. The van der Waals surface area contributed by atoms with E-state index in [1.54, 1.807) is 17.5 Å². The molecule has 0 amide bonds. The molecule has 2 heterocycles. The van der Waals surface area contributed by atoms with Gasteiger partial charge in [0.2, 0.25) is 0 Å². The van der Waals surface area contributed by atoms with Gasteiger partial charge >= 0.3 is 6.18 Å². The van der Waals surface area contributed by atoms with E-state index in [1.165, 1.54) is 25.3 Å². The van der Waals surface area contributed by atoms with E-state index in [0.29, 0.717) is 28.6 Å². The van der Waals surface area contributed by atoms with Crippen LogP contribution in [0.15, 0.2) is 36.4 Å². The Balaban J connectivity index is 1.74. The summed E-state index contributed by atoms with van der Waals surface area (Å²) in [5.74, 6) is 0.722. The number of aromatic nitrogens is 3. The van der Waals surface area contributed by atoms with Crippen LogP contribution in [0, 0.1) is 6.92 Å². The number of nitrogens with zero attached hydrogens (tertiary/aromatic N) is 3. The molecule has 0 aliphatic heterocycles. The molecule has 1 N–H and O–H groups in total. The van der Waals surface area contributed by atoms with Crippen molar-refractivity contribution >= 4 is 11.5 Å². The summed E-state index contributed by atoms with van der Waals surface area (Å²) < 4.78 is 40.9. The molecule has 4 nitrogen and oxygen atoms in total. The van der Waals surface area contributed by atoms with E-state index >= 15 is 0 Å². The van der Waals surface area contributed by atoms with Crippen LogP contribution in [-0.2, 0) is 6.18 Å². The zero-order valence-corrected chi connectivity index (χ0v) is 15.1.